The summed E-state index contributed by atoms with van der Waals surface area (Å²) in [6.45, 7) is 8.85. The van der Waals surface area contributed by atoms with Crippen molar-refractivity contribution in [2.75, 3.05) is 17.8 Å². The van der Waals surface area contributed by atoms with Crippen LogP contribution in [0.4, 0.5) is 5.82 Å². The van der Waals surface area contributed by atoms with E-state index in [0.29, 0.717) is 24.3 Å². The maximum atomic E-state index is 5.98. The summed E-state index contributed by atoms with van der Waals surface area (Å²) in [4.78, 5) is 8.37. The maximum absolute atomic E-state index is 5.98. The average molecular weight is 272 g/mol. The zero-order valence-corrected chi connectivity index (χ0v) is 12.3. The number of hydrogen-bond donors (Lipinski definition) is 1. The highest BCUT2D eigenvalue weighted by molar-refractivity contribution is 6.18. The zero-order chi connectivity index (χ0) is 13.5. The van der Waals surface area contributed by atoms with E-state index in [4.69, 9.17) is 16.3 Å². The van der Waals surface area contributed by atoms with Crippen LogP contribution in [0.5, 0.6) is 5.88 Å². The Bertz CT molecular complexity index is 371. The van der Waals surface area contributed by atoms with E-state index in [9.17, 15) is 0 Å². The first-order chi connectivity index (χ1) is 8.58. The molecule has 0 saturated heterocycles. The van der Waals surface area contributed by atoms with Crippen LogP contribution in [-0.2, 0) is 0 Å². The van der Waals surface area contributed by atoms with Crippen molar-refractivity contribution in [2.24, 2.45) is 5.92 Å². The van der Waals surface area contributed by atoms with Gasteiger partial charge in [-0.3, -0.25) is 0 Å². The molecule has 1 rings (SSSR count). The fourth-order valence-electron chi connectivity index (χ4n) is 1.78. The molecule has 0 aromatic carbocycles. The largest absolute Gasteiger partial charge is 0.478 e. The second kappa shape index (κ2) is 7.41. The molecule has 0 spiro atoms. The number of rotatable bonds is 7. The summed E-state index contributed by atoms with van der Waals surface area (Å²) in [5.74, 6) is 2.59. The molecule has 0 saturated carbocycles. The summed E-state index contributed by atoms with van der Waals surface area (Å²) in [5, 5.41) is 3.36. The van der Waals surface area contributed by atoms with Crippen LogP contribution >= 0.6 is 11.6 Å². The number of aromatic nitrogens is 2. The quantitative estimate of drug-likeness (QED) is 0.774. The standard InChI is InChI=1S/C13H22ClN3O/c1-5-18-13-10(4)12(15-8-16-13)17-11(7-14)6-9(2)3/h8-9,11H,5-7H2,1-4H3,(H,15,16,17). The van der Waals surface area contributed by atoms with Crippen molar-refractivity contribution >= 4 is 17.4 Å². The van der Waals surface area contributed by atoms with Gasteiger partial charge >= 0.3 is 0 Å². The lowest BCUT2D eigenvalue weighted by molar-refractivity contribution is 0.323. The van der Waals surface area contributed by atoms with Gasteiger partial charge in [0.25, 0.3) is 0 Å². The highest BCUT2D eigenvalue weighted by Crippen LogP contribution is 2.22. The van der Waals surface area contributed by atoms with Crippen LogP contribution in [0, 0.1) is 12.8 Å². The number of alkyl halides is 1. The molecule has 5 heteroatoms. The third-order valence-electron chi connectivity index (χ3n) is 2.60. The molecule has 1 aromatic rings. The Morgan fingerprint density at radius 2 is 2.11 bits per heavy atom. The molecule has 1 atom stereocenters. The van der Waals surface area contributed by atoms with Gasteiger partial charge in [0.2, 0.25) is 5.88 Å². The van der Waals surface area contributed by atoms with E-state index < -0.39 is 0 Å². The van der Waals surface area contributed by atoms with Crippen LogP contribution in [0.15, 0.2) is 6.33 Å². The van der Waals surface area contributed by atoms with E-state index in [1.165, 1.54) is 6.33 Å². The smallest absolute Gasteiger partial charge is 0.221 e. The van der Waals surface area contributed by atoms with Crippen molar-refractivity contribution in [1.29, 1.82) is 0 Å². The molecule has 1 aromatic heterocycles. The predicted molar refractivity (Wildman–Crippen MR) is 75.5 cm³/mol. The molecule has 4 nitrogen and oxygen atoms in total. The second-order valence-corrected chi connectivity index (χ2v) is 5.02. The van der Waals surface area contributed by atoms with Gasteiger partial charge in [-0.15, -0.1) is 11.6 Å². The Labute approximate surface area is 114 Å². The molecule has 1 heterocycles. The summed E-state index contributed by atoms with van der Waals surface area (Å²) in [5.41, 5.74) is 0.929. The molecule has 0 bridgehead atoms. The molecule has 0 amide bonds. The molecule has 1 N–H and O–H groups in total. The van der Waals surface area contributed by atoms with Crippen LogP contribution in [0.1, 0.15) is 32.8 Å². The first kappa shape index (κ1) is 15.0. The maximum Gasteiger partial charge on any atom is 0.221 e. The highest BCUT2D eigenvalue weighted by atomic mass is 35.5. The molecule has 0 fully saturated rings. The number of ether oxygens (including phenoxy) is 1. The van der Waals surface area contributed by atoms with Crippen LogP contribution < -0.4 is 10.1 Å². The summed E-state index contributed by atoms with van der Waals surface area (Å²) in [7, 11) is 0. The summed E-state index contributed by atoms with van der Waals surface area (Å²) < 4.78 is 5.45. The predicted octanol–water partition coefficient (Wildman–Crippen LogP) is 3.25. The minimum absolute atomic E-state index is 0.217. The Balaban J connectivity index is 2.79. The Morgan fingerprint density at radius 1 is 1.39 bits per heavy atom. The monoisotopic (exact) mass is 271 g/mol. The summed E-state index contributed by atoms with van der Waals surface area (Å²) in [6.07, 6.45) is 2.53. The third-order valence-corrected chi connectivity index (χ3v) is 2.97. The highest BCUT2D eigenvalue weighted by Gasteiger charge is 2.14. The third kappa shape index (κ3) is 4.33. The van der Waals surface area contributed by atoms with E-state index >= 15 is 0 Å². The first-order valence-electron chi connectivity index (χ1n) is 6.35. The number of nitrogens with zero attached hydrogens (tertiary/aromatic N) is 2. The van der Waals surface area contributed by atoms with Crippen molar-refractivity contribution in [1.82, 2.24) is 9.97 Å². The zero-order valence-electron chi connectivity index (χ0n) is 11.5. The molecular weight excluding hydrogens is 250 g/mol. The van der Waals surface area contributed by atoms with Crippen LogP contribution in [-0.4, -0.2) is 28.5 Å². The first-order valence-corrected chi connectivity index (χ1v) is 6.88. The Hall–Kier alpha value is -1.03. The minimum Gasteiger partial charge on any atom is -0.478 e. The van der Waals surface area contributed by atoms with Crippen LogP contribution in [0.25, 0.3) is 0 Å². The molecule has 1 unspecified atom stereocenters. The SMILES string of the molecule is CCOc1ncnc(NC(CCl)CC(C)C)c1C. The lowest BCUT2D eigenvalue weighted by atomic mass is 10.1. The summed E-state index contributed by atoms with van der Waals surface area (Å²) >= 11 is 5.98. The topological polar surface area (TPSA) is 47.0 Å². The normalized spacial score (nSPS) is 12.6. The fraction of sp³-hybridized carbons (Fsp3) is 0.692. The molecule has 102 valence electrons. The van der Waals surface area contributed by atoms with Gasteiger partial charge < -0.3 is 10.1 Å². The van der Waals surface area contributed by atoms with Crippen LogP contribution in [0.2, 0.25) is 0 Å². The minimum atomic E-state index is 0.217. The van der Waals surface area contributed by atoms with E-state index in [0.717, 1.165) is 17.8 Å². The van der Waals surface area contributed by atoms with Gasteiger partial charge in [-0.1, -0.05) is 13.8 Å². The number of anilines is 1. The lowest BCUT2D eigenvalue weighted by Crippen LogP contribution is -2.24. The van der Waals surface area contributed by atoms with Crippen LogP contribution in [0.3, 0.4) is 0 Å². The van der Waals surface area contributed by atoms with Gasteiger partial charge in [0.05, 0.1) is 12.2 Å². The number of halogens is 1. The number of hydrogen-bond acceptors (Lipinski definition) is 4. The summed E-state index contributed by atoms with van der Waals surface area (Å²) in [6, 6.07) is 0.217. The van der Waals surface area contributed by atoms with Crippen molar-refractivity contribution in [2.45, 2.75) is 40.2 Å². The van der Waals surface area contributed by atoms with Crippen molar-refractivity contribution in [3.8, 4) is 5.88 Å². The van der Waals surface area contributed by atoms with Gasteiger partial charge in [0, 0.05) is 11.9 Å². The molecule has 0 radical (unpaired) electrons. The Kier molecular flexibility index (Phi) is 6.19. The average Bonchev–Trinajstić information content (AvgIpc) is 2.33. The van der Waals surface area contributed by atoms with Gasteiger partial charge in [0.1, 0.15) is 12.1 Å². The molecule has 0 aliphatic rings. The van der Waals surface area contributed by atoms with Gasteiger partial charge in [-0.05, 0) is 26.2 Å². The van der Waals surface area contributed by atoms with E-state index in [1.54, 1.807) is 0 Å². The second-order valence-electron chi connectivity index (χ2n) is 4.71. The molecule has 18 heavy (non-hydrogen) atoms. The van der Waals surface area contributed by atoms with E-state index in [2.05, 4.69) is 29.1 Å². The molecule has 0 aliphatic carbocycles. The van der Waals surface area contributed by atoms with Gasteiger partial charge in [0.15, 0.2) is 0 Å². The Morgan fingerprint density at radius 3 is 2.67 bits per heavy atom. The molecule has 0 aliphatic heterocycles. The van der Waals surface area contributed by atoms with E-state index in [1.807, 2.05) is 13.8 Å². The van der Waals surface area contributed by atoms with Gasteiger partial charge in [-0.2, -0.15) is 0 Å². The lowest BCUT2D eigenvalue weighted by Gasteiger charge is -2.20. The number of nitrogens with one attached hydrogen (secondary N) is 1. The van der Waals surface area contributed by atoms with Crippen molar-refractivity contribution in [3.63, 3.8) is 0 Å². The fourth-order valence-corrected chi connectivity index (χ4v) is 1.99. The van der Waals surface area contributed by atoms with Crippen molar-refractivity contribution < 1.29 is 4.74 Å². The van der Waals surface area contributed by atoms with Crippen molar-refractivity contribution in [3.05, 3.63) is 11.9 Å². The van der Waals surface area contributed by atoms with Gasteiger partial charge in [-0.25, -0.2) is 9.97 Å². The molecular formula is C13H22ClN3O. The van der Waals surface area contributed by atoms with E-state index in [-0.39, 0.29) is 6.04 Å².